The molecule has 3 N–H and O–H groups in total. The van der Waals surface area contributed by atoms with Gasteiger partial charge < -0.3 is 11.1 Å². The minimum absolute atomic E-state index is 0.0168. The van der Waals surface area contributed by atoms with Crippen molar-refractivity contribution in [2.45, 2.75) is 6.54 Å². The first kappa shape index (κ1) is 10.1. The summed E-state index contributed by atoms with van der Waals surface area (Å²) in [5.74, 6) is -0.0168. The number of halogens is 1. The van der Waals surface area contributed by atoms with Crippen molar-refractivity contribution >= 4 is 27.5 Å². The van der Waals surface area contributed by atoms with E-state index in [9.17, 15) is 4.79 Å². The van der Waals surface area contributed by atoms with E-state index in [1.165, 1.54) is 0 Å². The maximum atomic E-state index is 10.9. The zero-order valence-electron chi connectivity index (χ0n) is 7.09. The predicted octanol–water partition coefficient (Wildman–Crippen LogP) is 1.28. The number of alkyl halides is 1. The summed E-state index contributed by atoms with van der Waals surface area (Å²) in [6, 6.07) is 7.42. The van der Waals surface area contributed by atoms with Crippen molar-refractivity contribution < 1.29 is 4.79 Å². The van der Waals surface area contributed by atoms with E-state index in [1.54, 1.807) is 0 Å². The number of rotatable bonds is 3. The van der Waals surface area contributed by atoms with Gasteiger partial charge in [0, 0.05) is 12.2 Å². The van der Waals surface area contributed by atoms with Crippen molar-refractivity contribution in [2.75, 3.05) is 11.1 Å². The summed E-state index contributed by atoms with van der Waals surface area (Å²) >= 11 is 3.07. The van der Waals surface area contributed by atoms with Gasteiger partial charge in [0.05, 0.1) is 5.33 Å². The van der Waals surface area contributed by atoms with Gasteiger partial charge in [0.25, 0.3) is 0 Å². The van der Waals surface area contributed by atoms with Crippen LogP contribution in [-0.2, 0) is 11.3 Å². The molecule has 0 heterocycles. The van der Waals surface area contributed by atoms with Gasteiger partial charge in [-0.1, -0.05) is 28.1 Å². The molecule has 0 aliphatic heterocycles. The van der Waals surface area contributed by atoms with Crippen LogP contribution in [-0.4, -0.2) is 11.2 Å². The number of nitrogens with one attached hydrogen (secondary N) is 1. The van der Waals surface area contributed by atoms with Gasteiger partial charge in [0.1, 0.15) is 0 Å². The number of hydrogen-bond acceptors (Lipinski definition) is 2. The highest BCUT2D eigenvalue weighted by Crippen LogP contribution is 2.04. The maximum Gasteiger partial charge on any atom is 0.230 e. The lowest BCUT2D eigenvalue weighted by molar-refractivity contribution is -0.118. The van der Waals surface area contributed by atoms with E-state index in [-0.39, 0.29) is 5.91 Å². The van der Waals surface area contributed by atoms with Gasteiger partial charge in [-0.3, -0.25) is 4.79 Å². The molecule has 1 rings (SSSR count). The highest BCUT2D eigenvalue weighted by Gasteiger charge is 1.97. The van der Waals surface area contributed by atoms with Crippen LogP contribution in [0.1, 0.15) is 5.56 Å². The molecule has 0 aliphatic carbocycles. The Kier molecular flexibility index (Phi) is 3.76. The van der Waals surface area contributed by atoms with Crippen molar-refractivity contribution in [3.8, 4) is 0 Å². The summed E-state index contributed by atoms with van der Waals surface area (Å²) in [6.07, 6.45) is 0. The largest absolute Gasteiger partial charge is 0.399 e. The Morgan fingerprint density at radius 2 is 2.00 bits per heavy atom. The number of benzene rings is 1. The quantitative estimate of drug-likeness (QED) is 0.620. The van der Waals surface area contributed by atoms with Crippen LogP contribution in [0.4, 0.5) is 5.69 Å². The summed E-state index contributed by atoms with van der Waals surface area (Å²) < 4.78 is 0. The number of amides is 1. The zero-order chi connectivity index (χ0) is 9.68. The van der Waals surface area contributed by atoms with Gasteiger partial charge in [-0.15, -0.1) is 0 Å². The van der Waals surface area contributed by atoms with Gasteiger partial charge in [0.15, 0.2) is 0 Å². The van der Waals surface area contributed by atoms with E-state index in [0.717, 1.165) is 11.3 Å². The number of nitrogens with two attached hydrogens (primary N) is 1. The van der Waals surface area contributed by atoms with Crippen LogP contribution in [0, 0.1) is 0 Å². The summed E-state index contributed by atoms with van der Waals surface area (Å²) in [4.78, 5) is 10.9. The molecule has 70 valence electrons. The zero-order valence-corrected chi connectivity index (χ0v) is 8.67. The molecule has 1 aromatic carbocycles. The molecule has 3 nitrogen and oxygen atoms in total. The van der Waals surface area contributed by atoms with E-state index in [2.05, 4.69) is 21.2 Å². The summed E-state index contributed by atoms with van der Waals surface area (Å²) in [7, 11) is 0. The smallest absolute Gasteiger partial charge is 0.230 e. The maximum absolute atomic E-state index is 10.9. The Morgan fingerprint density at radius 1 is 1.38 bits per heavy atom. The first-order chi connectivity index (χ1) is 6.22. The van der Waals surface area contributed by atoms with E-state index in [4.69, 9.17) is 5.73 Å². The third kappa shape index (κ3) is 3.46. The van der Waals surface area contributed by atoms with Crippen LogP contribution in [0.3, 0.4) is 0 Å². The van der Waals surface area contributed by atoms with Crippen molar-refractivity contribution in [1.82, 2.24) is 5.32 Å². The third-order valence-corrected chi connectivity index (χ3v) is 2.10. The number of carbonyl (C=O) groups is 1. The van der Waals surface area contributed by atoms with E-state index in [0.29, 0.717) is 11.9 Å². The fraction of sp³-hybridized carbons (Fsp3) is 0.222. The van der Waals surface area contributed by atoms with Gasteiger partial charge in [-0.2, -0.15) is 0 Å². The van der Waals surface area contributed by atoms with Gasteiger partial charge >= 0.3 is 0 Å². The molecule has 0 saturated heterocycles. The molecule has 0 atom stereocenters. The van der Waals surface area contributed by atoms with Crippen LogP contribution in [0.5, 0.6) is 0 Å². The van der Waals surface area contributed by atoms with Gasteiger partial charge in [-0.05, 0) is 17.7 Å². The lowest BCUT2D eigenvalue weighted by Gasteiger charge is -2.03. The van der Waals surface area contributed by atoms with Crippen LogP contribution >= 0.6 is 15.9 Å². The molecule has 0 aliphatic rings. The molecule has 0 radical (unpaired) electrons. The molecule has 0 spiro atoms. The lowest BCUT2D eigenvalue weighted by atomic mass is 10.2. The second-order valence-corrected chi connectivity index (χ2v) is 3.21. The van der Waals surface area contributed by atoms with Crippen LogP contribution in [0.25, 0.3) is 0 Å². The second kappa shape index (κ2) is 4.87. The fourth-order valence-electron chi connectivity index (χ4n) is 0.883. The molecular formula is C9H11BrN2O. The highest BCUT2D eigenvalue weighted by atomic mass is 79.9. The highest BCUT2D eigenvalue weighted by molar-refractivity contribution is 9.09. The fourth-order valence-corrected chi connectivity index (χ4v) is 1.08. The monoisotopic (exact) mass is 242 g/mol. The number of hydrogen-bond donors (Lipinski definition) is 2. The second-order valence-electron chi connectivity index (χ2n) is 2.65. The van der Waals surface area contributed by atoms with E-state index >= 15 is 0 Å². The van der Waals surface area contributed by atoms with Crippen molar-refractivity contribution in [3.05, 3.63) is 29.8 Å². The topological polar surface area (TPSA) is 55.1 Å². The molecule has 13 heavy (non-hydrogen) atoms. The summed E-state index contributed by atoms with van der Waals surface area (Å²) in [5, 5.41) is 3.08. The molecule has 4 heteroatoms. The van der Waals surface area contributed by atoms with E-state index in [1.807, 2.05) is 24.3 Å². The molecule has 1 amide bonds. The Hall–Kier alpha value is -1.03. The molecule has 0 fully saturated rings. The molecule has 0 unspecified atom stereocenters. The van der Waals surface area contributed by atoms with Crippen molar-refractivity contribution in [1.29, 1.82) is 0 Å². The number of nitrogen functional groups attached to an aromatic ring is 1. The minimum Gasteiger partial charge on any atom is -0.399 e. The third-order valence-electron chi connectivity index (χ3n) is 1.59. The Labute approximate surface area is 85.4 Å². The first-order valence-corrected chi connectivity index (χ1v) is 5.01. The Morgan fingerprint density at radius 3 is 2.54 bits per heavy atom. The Balaban J connectivity index is 2.46. The average Bonchev–Trinajstić information content (AvgIpc) is 2.16. The molecule has 1 aromatic rings. The predicted molar refractivity (Wildman–Crippen MR) is 56.5 cm³/mol. The molecule has 0 bridgehead atoms. The van der Waals surface area contributed by atoms with Crippen LogP contribution in [0.15, 0.2) is 24.3 Å². The average molecular weight is 243 g/mol. The molecule has 0 aromatic heterocycles. The minimum atomic E-state index is -0.0168. The normalized spacial score (nSPS) is 9.62. The van der Waals surface area contributed by atoms with Crippen molar-refractivity contribution in [2.24, 2.45) is 0 Å². The van der Waals surface area contributed by atoms with Crippen LogP contribution in [0.2, 0.25) is 0 Å². The molecular weight excluding hydrogens is 232 g/mol. The van der Waals surface area contributed by atoms with Gasteiger partial charge in [-0.25, -0.2) is 0 Å². The van der Waals surface area contributed by atoms with Crippen molar-refractivity contribution in [3.63, 3.8) is 0 Å². The standard InChI is InChI=1S/C9H11BrN2O/c10-5-9(13)12-6-7-1-3-8(11)4-2-7/h1-4H,5-6,11H2,(H,12,13). The summed E-state index contributed by atoms with van der Waals surface area (Å²) in [6.45, 7) is 0.546. The SMILES string of the molecule is Nc1ccc(CNC(=O)CBr)cc1. The van der Waals surface area contributed by atoms with Crippen LogP contribution < -0.4 is 11.1 Å². The lowest BCUT2D eigenvalue weighted by Crippen LogP contribution is -2.23. The summed E-state index contributed by atoms with van der Waals surface area (Å²) in [5.41, 5.74) is 7.29. The van der Waals surface area contributed by atoms with E-state index < -0.39 is 0 Å². The Bertz CT molecular complexity index is 284. The number of carbonyl (C=O) groups excluding carboxylic acids is 1. The van der Waals surface area contributed by atoms with Gasteiger partial charge in [0.2, 0.25) is 5.91 Å². The number of anilines is 1. The first-order valence-electron chi connectivity index (χ1n) is 3.89. The molecule has 0 saturated carbocycles.